The summed E-state index contributed by atoms with van der Waals surface area (Å²) in [6.45, 7) is 0. The summed E-state index contributed by atoms with van der Waals surface area (Å²) in [5.41, 5.74) is -18.6. The third-order valence-electron chi connectivity index (χ3n) is 11.2. The summed E-state index contributed by atoms with van der Waals surface area (Å²) in [5.74, 6) is -85.0. The summed E-state index contributed by atoms with van der Waals surface area (Å²) in [6.07, 6.45) is 0. The van der Waals surface area contributed by atoms with E-state index in [1.165, 1.54) is 0 Å². The molecule has 0 atom stereocenters. The summed E-state index contributed by atoms with van der Waals surface area (Å²) in [5, 5.41) is -20.5. The van der Waals surface area contributed by atoms with Crippen molar-refractivity contribution in [3.8, 4) is 0 Å². The largest absolute Gasteiger partial charge is 0.382 e. The molecule has 0 amide bonds. The first kappa shape index (κ1) is 37.3. The molecule has 0 bridgehead atoms. The van der Waals surface area contributed by atoms with Crippen LogP contribution < -0.4 is 0 Å². The third kappa shape index (κ3) is 3.02. The molecular weight excluding hydrogens is 840 g/mol. The molecule has 3 aliphatic rings. The number of hydrogen-bond donors (Lipinski definition) is 0. The van der Waals surface area contributed by atoms with Gasteiger partial charge in [0.25, 0.3) is 0 Å². The molecule has 24 heteroatoms. The zero-order chi connectivity index (χ0) is 42.1. The number of hydrogen-bond acceptors (Lipinski definition) is 0. The van der Waals surface area contributed by atoms with Gasteiger partial charge in [-0.05, 0) is 60.6 Å². The molecule has 0 heterocycles. The molecule has 300 valence electrons. The molecule has 0 saturated carbocycles. The Morgan fingerprint density at radius 2 is 0.446 bits per heavy atom. The van der Waals surface area contributed by atoms with Crippen LogP contribution in [0.4, 0.5) is 105 Å². The lowest BCUT2D eigenvalue weighted by atomic mass is 9.74. The maximum atomic E-state index is 15.8. The van der Waals surface area contributed by atoms with Crippen molar-refractivity contribution in [2.45, 2.75) is 71.1 Å². The average molecular weight is 844 g/mol. The fourth-order valence-electron chi connectivity index (χ4n) is 8.58. The molecule has 0 nitrogen and oxygen atoms in total. The third-order valence-corrected chi connectivity index (χ3v) is 11.2. The first-order valence-corrected chi connectivity index (χ1v) is 14.9. The molecule has 9 rings (SSSR count). The second-order valence-electron chi connectivity index (χ2n) is 13.7. The van der Waals surface area contributed by atoms with Crippen LogP contribution in [0.5, 0.6) is 0 Å². The fraction of sp³-hybridized carbons (Fsp3) is 0.375. The lowest BCUT2D eigenvalue weighted by Gasteiger charge is -2.44. The number of rotatable bonds is 0. The highest BCUT2D eigenvalue weighted by Gasteiger charge is 2.88. The second-order valence-corrected chi connectivity index (χ2v) is 13.7. The standard InChI is InChI=1S/C32H4F24/c33-21(34)9-3-7-13-11-5(17-19(7)25(41,42)31(53,54)29(49,50)23(17,37)38)1-2-6-12(11)14-8(20-18(6)24(39,40)30(51,52)32(55,56)26(20,43)44)4-10(15(9)16(13)14)22(35,36)28(47,48)27(21,45)46/h1-4H. The Hall–Kier alpha value is -4.28. The minimum Gasteiger partial charge on any atom is -0.194 e. The zero-order valence-electron chi connectivity index (χ0n) is 25.4. The summed E-state index contributed by atoms with van der Waals surface area (Å²) < 4.78 is 369. The first-order chi connectivity index (χ1) is 24.9. The van der Waals surface area contributed by atoms with Gasteiger partial charge in [-0.2, -0.15) is 105 Å². The Kier molecular flexibility index (Phi) is 5.83. The lowest BCUT2D eigenvalue weighted by molar-refractivity contribution is -0.385. The van der Waals surface area contributed by atoms with E-state index in [0.717, 1.165) is 0 Å². The van der Waals surface area contributed by atoms with Gasteiger partial charge in [-0.1, -0.05) is 12.1 Å². The van der Waals surface area contributed by atoms with E-state index in [1.807, 2.05) is 0 Å². The van der Waals surface area contributed by atoms with Gasteiger partial charge in [0.15, 0.2) is 0 Å². The molecule has 0 aliphatic heterocycles. The van der Waals surface area contributed by atoms with Gasteiger partial charge in [0.2, 0.25) is 0 Å². The minimum atomic E-state index is -7.52. The van der Waals surface area contributed by atoms with Crippen LogP contribution in [-0.4, -0.2) is 35.5 Å². The van der Waals surface area contributed by atoms with Crippen LogP contribution in [0.25, 0.3) is 53.9 Å². The van der Waals surface area contributed by atoms with Crippen molar-refractivity contribution >= 4 is 53.9 Å². The average Bonchev–Trinajstić information content (AvgIpc) is 3.41. The monoisotopic (exact) mass is 844 g/mol. The van der Waals surface area contributed by atoms with E-state index in [1.54, 1.807) is 0 Å². The van der Waals surface area contributed by atoms with Crippen molar-refractivity contribution in [2.75, 3.05) is 0 Å². The number of fused-ring (bicyclic) bond motifs is 6. The van der Waals surface area contributed by atoms with E-state index < -0.39 is 170 Å². The molecule has 0 unspecified atom stereocenters. The SMILES string of the molecule is FC1(F)c2c(c3cc4c5c(cc6c7c(c8ccc2c2c8c6c5c32)C(F)(F)C(F)(F)C(F)(F)C7(F)F)C(F)(F)C(F)(F)C(F)(F)C4(F)F)C(F)(F)C(F)(F)C1(F)F. The van der Waals surface area contributed by atoms with Gasteiger partial charge < -0.3 is 0 Å². The summed E-state index contributed by atoms with van der Waals surface area (Å²) in [6, 6.07) is -2.70. The molecule has 0 aromatic heterocycles. The van der Waals surface area contributed by atoms with Crippen molar-refractivity contribution in [3.63, 3.8) is 0 Å². The molecule has 0 spiro atoms. The minimum absolute atomic E-state index is 0.319. The van der Waals surface area contributed by atoms with E-state index >= 15 is 70.2 Å². The van der Waals surface area contributed by atoms with E-state index in [4.69, 9.17) is 0 Å². The van der Waals surface area contributed by atoms with Gasteiger partial charge in [-0.15, -0.1) is 0 Å². The quantitative estimate of drug-likeness (QED) is 0.106. The highest BCUT2D eigenvalue weighted by Crippen LogP contribution is 2.73. The van der Waals surface area contributed by atoms with Gasteiger partial charge in [-0.3, -0.25) is 0 Å². The maximum absolute atomic E-state index is 15.8. The predicted octanol–water partition coefficient (Wildman–Crippen LogP) is 13.2. The summed E-state index contributed by atoms with van der Waals surface area (Å²) in [4.78, 5) is 0. The van der Waals surface area contributed by atoms with Crippen LogP contribution in [0.15, 0.2) is 24.3 Å². The Bertz CT molecular complexity index is 2590. The first-order valence-electron chi connectivity index (χ1n) is 14.9. The van der Waals surface area contributed by atoms with Crippen molar-refractivity contribution in [1.29, 1.82) is 0 Å². The van der Waals surface area contributed by atoms with Gasteiger partial charge >= 0.3 is 71.1 Å². The van der Waals surface area contributed by atoms with Crippen molar-refractivity contribution in [2.24, 2.45) is 0 Å². The van der Waals surface area contributed by atoms with E-state index in [0.29, 0.717) is 0 Å². The van der Waals surface area contributed by atoms with E-state index in [9.17, 15) is 35.1 Å². The van der Waals surface area contributed by atoms with Crippen LogP contribution in [0.1, 0.15) is 33.4 Å². The topological polar surface area (TPSA) is 0 Å². The number of halogens is 24. The predicted molar refractivity (Wildman–Crippen MR) is 141 cm³/mol. The van der Waals surface area contributed by atoms with Crippen LogP contribution >= 0.6 is 0 Å². The number of alkyl halides is 24. The van der Waals surface area contributed by atoms with Crippen molar-refractivity contribution < 1.29 is 105 Å². The Labute approximate surface area is 288 Å². The van der Waals surface area contributed by atoms with Crippen LogP contribution in [0, 0.1) is 0 Å². The van der Waals surface area contributed by atoms with Crippen molar-refractivity contribution in [1.82, 2.24) is 0 Å². The summed E-state index contributed by atoms with van der Waals surface area (Å²) >= 11 is 0. The normalized spacial score (nSPS) is 27.6. The molecule has 0 N–H and O–H groups in total. The molecule has 6 aromatic rings. The fourth-order valence-corrected chi connectivity index (χ4v) is 8.58. The van der Waals surface area contributed by atoms with Gasteiger partial charge in [-0.25, -0.2) is 0 Å². The molecule has 3 aliphatic carbocycles. The smallest absolute Gasteiger partial charge is 0.194 e. The molecule has 0 fully saturated rings. The van der Waals surface area contributed by atoms with Crippen LogP contribution in [0.3, 0.4) is 0 Å². The molecule has 0 saturated heterocycles. The van der Waals surface area contributed by atoms with Gasteiger partial charge in [0, 0.05) is 38.8 Å². The highest BCUT2D eigenvalue weighted by molar-refractivity contribution is 6.46. The van der Waals surface area contributed by atoms with Gasteiger partial charge in [0.1, 0.15) is 0 Å². The Morgan fingerprint density at radius 3 is 0.714 bits per heavy atom. The Morgan fingerprint density at radius 1 is 0.232 bits per heavy atom. The Balaban J connectivity index is 1.72. The molecule has 6 aromatic carbocycles. The van der Waals surface area contributed by atoms with Crippen LogP contribution in [-0.2, 0) is 35.5 Å². The second kappa shape index (κ2) is 8.75. The highest BCUT2D eigenvalue weighted by atomic mass is 19.4. The van der Waals surface area contributed by atoms with Gasteiger partial charge in [0.05, 0.1) is 0 Å². The van der Waals surface area contributed by atoms with E-state index in [-0.39, 0.29) is 12.1 Å². The van der Waals surface area contributed by atoms with Crippen molar-refractivity contribution in [3.05, 3.63) is 57.6 Å². The van der Waals surface area contributed by atoms with Crippen LogP contribution in [0.2, 0.25) is 0 Å². The molecular formula is C32H4F24. The summed E-state index contributed by atoms with van der Waals surface area (Å²) in [7, 11) is 0. The lowest BCUT2D eigenvalue weighted by Crippen LogP contribution is -2.64. The zero-order valence-corrected chi connectivity index (χ0v) is 25.4. The number of benzene rings is 5. The van der Waals surface area contributed by atoms with E-state index in [2.05, 4.69) is 0 Å². The molecule has 0 radical (unpaired) electrons. The maximum Gasteiger partial charge on any atom is 0.382 e. The molecule has 56 heavy (non-hydrogen) atoms.